The summed E-state index contributed by atoms with van der Waals surface area (Å²) < 4.78 is 0. The van der Waals surface area contributed by atoms with Gasteiger partial charge in [-0.25, -0.2) is 4.98 Å². The van der Waals surface area contributed by atoms with E-state index in [1.54, 1.807) is 0 Å². The van der Waals surface area contributed by atoms with Crippen LogP contribution in [-0.2, 0) is 4.79 Å². The molecule has 2 aliphatic rings. The van der Waals surface area contributed by atoms with Crippen molar-refractivity contribution in [2.24, 2.45) is 5.41 Å². The van der Waals surface area contributed by atoms with Crippen LogP contribution >= 0.6 is 0 Å². The van der Waals surface area contributed by atoms with Crippen LogP contribution in [0.2, 0.25) is 0 Å². The summed E-state index contributed by atoms with van der Waals surface area (Å²) in [6, 6.07) is 5.98. The quantitative estimate of drug-likeness (QED) is 0.903. The van der Waals surface area contributed by atoms with Crippen molar-refractivity contribution < 1.29 is 9.90 Å². The number of nitriles is 1. The minimum atomic E-state index is 0.0692. The molecule has 0 saturated carbocycles. The minimum Gasteiger partial charge on any atom is -0.396 e. The van der Waals surface area contributed by atoms with E-state index in [9.17, 15) is 10.1 Å². The number of aryl methyl sites for hydroxylation is 1. The third kappa shape index (κ3) is 3.77. The molecule has 3 heterocycles. The number of amides is 1. The predicted molar refractivity (Wildman–Crippen MR) is 95.1 cm³/mol. The van der Waals surface area contributed by atoms with Gasteiger partial charge in [-0.3, -0.25) is 4.79 Å². The molecular formula is C19H26N4O2. The molecule has 1 aromatic heterocycles. The highest BCUT2D eigenvalue weighted by atomic mass is 16.3. The highest BCUT2D eigenvalue weighted by molar-refractivity contribution is 5.77. The fourth-order valence-corrected chi connectivity index (χ4v) is 4.16. The Balaban J connectivity index is 1.80. The zero-order chi connectivity index (χ0) is 17.9. The summed E-state index contributed by atoms with van der Waals surface area (Å²) in [6.45, 7) is 5.17. The van der Waals surface area contributed by atoms with Crippen LogP contribution in [-0.4, -0.2) is 53.7 Å². The van der Waals surface area contributed by atoms with E-state index in [0.29, 0.717) is 24.9 Å². The first-order valence-corrected chi connectivity index (χ1v) is 9.08. The normalized spacial score (nSPS) is 23.8. The van der Waals surface area contributed by atoms with Crippen molar-refractivity contribution in [1.29, 1.82) is 5.26 Å². The molecule has 25 heavy (non-hydrogen) atoms. The van der Waals surface area contributed by atoms with Crippen molar-refractivity contribution in [2.45, 2.75) is 39.0 Å². The fourth-order valence-electron chi connectivity index (χ4n) is 4.16. The summed E-state index contributed by atoms with van der Waals surface area (Å²) in [7, 11) is 0. The molecule has 3 rings (SSSR count). The van der Waals surface area contributed by atoms with Crippen LogP contribution in [0.15, 0.2) is 12.1 Å². The maximum atomic E-state index is 12.2. The van der Waals surface area contributed by atoms with E-state index >= 15 is 0 Å². The van der Waals surface area contributed by atoms with Gasteiger partial charge in [0, 0.05) is 50.3 Å². The number of pyridine rings is 1. The maximum Gasteiger partial charge on any atom is 0.222 e. The number of carbonyl (C=O) groups is 1. The van der Waals surface area contributed by atoms with Gasteiger partial charge in [0.2, 0.25) is 5.91 Å². The topological polar surface area (TPSA) is 80.5 Å². The van der Waals surface area contributed by atoms with Gasteiger partial charge in [0.1, 0.15) is 11.9 Å². The third-order valence-corrected chi connectivity index (χ3v) is 5.43. The number of aliphatic hydroxyl groups excluding tert-OH is 1. The molecule has 1 amide bonds. The molecule has 0 radical (unpaired) electrons. The van der Waals surface area contributed by atoms with Gasteiger partial charge in [-0.2, -0.15) is 5.26 Å². The molecule has 1 aromatic rings. The van der Waals surface area contributed by atoms with Gasteiger partial charge in [0.25, 0.3) is 0 Å². The lowest BCUT2D eigenvalue weighted by atomic mass is 9.73. The Bertz CT molecular complexity index is 684. The zero-order valence-corrected chi connectivity index (χ0v) is 14.9. The maximum absolute atomic E-state index is 12.2. The van der Waals surface area contributed by atoms with E-state index in [0.717, 1.165) is 50.4 Å². The monoisotopic (exact) mass is 342 g/mol. The average Bonchev–Trinajstić information content (AvgIpc) is 2.63. The van der Waals surface area contributed by atoms with Gasteiger partial charge < -0.3 is 14.9 Å². The number of hydrogen-bond acceptors (Lipinski definition) is 5. The van der Waals surface area contributed by atoms with Crippen molar-refractivity contribution in [3.8, 4) is 6.07 Å². The summed E-state index contributed by atoms with van der Waals surface area (Å²) >= 11 is 0. The van der Waals surface area contributed by atoms with E-state index in [-0.39, 0.29) is 17.9 Å². The Morgan fingerprint density at radius 3 is 2.96 bits per heavy atom. The molecule has 1 atom stereocenters. The lowest BCUT2D eigenvalue weighted by Crippen LogP contribution is -2.54. The first-order chi connectivity index (χ1) is 12.1. The lowest BCUT2D eigenvalue weighted by molar-refractivity contribution is -0.138. The van der Waals surface area contributed by atoms with Crippen molar-refractivity contribution in [2.75, 3.05) is 37.7 Å². The second kappa shape index (κ2) is 7.40. The molecule has 2 aliphatic heterocycles. The van der Waals surface area contributed by atoms with Crippen LogP contribution in [0.25, 0.3) is 0 Å². The van der Waals surface area contributed by atoms with Gasteiger partial charge in [-0.15, -0.1) is 0 Å². The Labute approximate surface area is 149 Å². The minimum absolute atomic E-state index is 0.0692. The third-order valence-electron chi connectivity index (χ3n) is 5.43. The molecule has 0 aromatic carbocycles. The van der Waals surface area contributed by atoms with Crippen LogP contribution < -0.4 is 4.90 Å². The lowest BCUT2D eigenvalue weighted by Gasteiger charge is -2.48. The molecule has 0 aliphatic carbocycles. The number of rotatable bonds is 4. The van der Waals surface area contributed by atoms with Gasteiger partial charge in [-0.05, 0) is 44.7 Å². The van der Waals surface area contributed by atoms with E-state index in [1.165, 1.54) is 0 Å². The number of anilines is 1. The molecule has 1 spiro atoms. The highest BCUT2D eigenvalue weighted by Gasteiger charge is 2.42. The number of nitrogens with zero attached hydrogens (tertiary/aromatic N) is 4. The van der Waals surface area contributed by atoms with Crippen molar-refractivity contribution in [3.63, 3.8) is 0 Å². The summed E-state index contributed by atoms with van der Waals surface area (Å²) in [4.78, 5) is 21.0. The first-order valence-electron chi connectivity index (χ1n) is 9.08. The number of piperidine rings is 2. The number of hydrogen-bond donors (Lipinski definition) is 1. The molecular weight excluding hydrogens is 316 g/mol. The highest BCUT2D eigenvalue weighted by Crippen LogP contribution is 2.40. The number of likely N-dealkylation sites (tertiary alicyclic amines) is 1. The largest absolute Gasteiger partial charge is 0.396 e. The van der Waals surface area contributed by atoms with Crippen LogP contribution in [0.5, 0.6) is 0 Å². The average molecular weight is 342 g/mol. The van der Waals surface area contributed by atoms with Gasteiger partial charge in [-0.1, -0.05) is 0 Å². The Morgan fingerprint density at radius 2 is 2.20 bits per heavy atom. The SMILES string of the molecule is Cc1ccc(C#N)c(N2CCC[C@]3(CCC(=O)N(CCCO)C3)C2)n1. The van der Waals surface area contributed by atoms with E-state index in [4.69, 9.17) is 5.11 Å². The molecule has 2 saturated heterocycles. The van der Waals surface area contributed by atoms with Gasteiger partial charge in [0.05, 0.1) is 5.56 Å². The summed E-state index contributed by atoms with van der Waals surface area (Å²) in [5.74, 6) is 0.975. The second-order valence-corrected chi connectivity index (χ2v) is 7.35. The first kappa shape index (κ1) is 17.7. The van der Waals surface area contributed by atoms with Gasteiger partial charge in [0.15, 0.2) is 0 Å². The van der Waals surface area contributed by atoms with Crippen LogP contribution in [0, 0.1) is 23.7 Å². The molecule has 2 fully saturated rings. The predicted octanol–water partition coefficient (Wildman–Crippen LogP) is 1.85. The molecule has 6 nitrogen and oxygen atoms in total. The Morgan fingerprint density at radius 1 is 1.36 bits per heavy atom. The number of carbonyl (C=O) groups excluding carboxylic acids is 1. The summed E-state index contributed by atoms with van der Waals surface area (Å²) in [6.07, 6.45) is 4.24. The zero-order valence-electron chi connectivity index (χ0n) is 14.9. The van der Waals surface area contributed by atoms with E-state index < -0.39 is 0 Å². The van der Waals surface area contributed by atoms with Crippen LogP contribution in [0.1, 0.15) is 43.4 Å². The van der Waals surface area contributed by atoms with Crippen molar-refractivity contribution >= 4 is 11.7 Å². The van der Waals surface area contributed by atoms with Crippen LogP contribution in [0.3, 0.4) is 0 Å². The molecule has 6 heteroatoms. The Kier molecular flexibility index (Phi) is 5.24. The molecule has 134 valence electrons. The molecule has 1 N–H and O–H groups in total. The summed E-state index contributed by atoms with van der Waals surface area (Å²) in [5, 5.41) is 18.5. The second-order valence-electron chi connectivity index (χ2n) is 7.35. The molecule has 0 bridgehead atoms. The molecule has 0 unspecified atom stereocenters. The fraction of sp³-hybridized carbons (Fsp3) is 0.632. The smallest absolute Gasteiger partial charge is 0.222 e. The van der Waals surface area contributed by atoms with Gasteiger partial charge >= 0.3 is 0 Å². The standard InChI is InChI=1S/C19H26N4O2/c1-15-4-5-16(12-20)18(21-15)23-9-2-7-19(14-23)8-6-17(25)22(13-19)10-3-11-24/h4-5,24H,2-3,6-11,13-14H2,1H3/t19-/m1/s1. The van der Waals surface area contributed by atoms with E-state index in [2.05, 4.69) is 16.0 Å². The number of aromatic nitrogens is 1. The van der Waals surface area contributed by atoms with Crippen molar-refractivity contribution in [1.82, 2.24) is 9.88 Å². The van der Waals surface area contributed by atoms with Crippen molar-refractivity contribution in [3.05, 3.63) is 23.4 Å². The van der Waals surface area contributed by atoms with E-state index in [1.807, 2.05) is 24.0 Å². The number of aliphatic hydroxyl groups is 1. The van der Waals surface area contributed by atoms with Crippen LogP contribution in [0.4, 0.5) is 5.82 Å². The Hall–Kier alpha value is -2.13. The summed E-state index contributed by atoms with van der Waals surface area (Å²) in [5.41, 5.74) is 1.60.